The normalized spacial score (nSPS) is 11.2. The van der Waals surface area contributed by atoms with Gasteiger partial charge in [0.1, 0.15) is 23.0 Å². The molecule has 1 amide bonds. The van der Waals surface area contributed by atoms with Crippen molar-refractivity contribution in [2.75, 3.05) is 7.05 Å². The number of rotatable bonds is 10. The summed E-state index contributed by atoms with van der Waals surface area (Å²) in [5, 5.41) is 2.50. The van der Waals surface area contributed by atoms with E-state index < -0.39 is 11.7 Å². The third kappa shape index (κ3) is 7.40. The lowest BCUT2D eigenvalue weighted by molar-refractivity contribution is -0.137. The first kappa shape index (κ1) is 25.9. The van der Waals surface area contributed by atoms with Gasteiger partial charge in [-0.15, -0.1) is 0 Å². The molecule has 184 valence electrons. The number of carbonyl (C=O) groups is 2. The Balaban J connectivity index is 1.60. The van der Waals surface area contributed by atoms with Crippen molar-refractivity contribution < 1.29 is 27.5 Å². The van der Waals surface area contributed by atoms with Crippen molar-refractivity contribution in [1.29, 1.82) is 0 Å². The summed E-state index contributed by atoms with van der Waals surface area (Å²) in [6, 6.07) is 14.0. The predicted octanol–water partition coefficient (Wildman–Crippen LogP) is 5.95. The number of ether oxygens (including phenoxy) is 1. The minimum absolute atomic E-state index is 0.0177. The lowest BCUT2D eigenvalue weighted by atomic mass is 9.94. The van der Waals surface area contributed by atoms with Gasteiger partial charge in [-0.25, -0.2) is 0 Å². The van der Waals surface area contributed by atoms with Gasteiger partial charge in [0.15, 0.2) is 0 Å². The Morgan fingerprint density at radius 2 is 1.69 bits per heavy atom. The summed E-state index contributed by atoms with van der Waals surface area (Å²) in [7, 11) is 1.52. The molecule has 0 bridgehead atoms. The van der Waals surface area contributed by atoms with Gasteiger partial charge in [-0.1, -0.05) is 31.5 Å². The monoisotopic (exact) mass is 484 g/mol. The molecule has 0 aliphatic heterocycles. The zero-order valence-corrected chi connectivity index (χ0v) is 19.6. The number of alkyl halides is 3. The van der Waals surface area contributed by atoms with Gasteiger partial charge < -0.3 is 10.1 Å². The highest BCUT2D eigenvalue weighted by Crippen LogP contribution is 2.31. The molecular weight excluding hydrogens is 457 g/mol. The molecule has 1 N–H and O–H groups in total. The van der Waals surface area contributed by atoms with E-state index in [9.17, 15) is 22.8 Å². The van der Waals surface area contributed by atoms with Crippen molar-refractivity contribution in [3.63, 3.8) is 0 Å². The molecule has 3 aromatic rings. The maximum Gasteiger partial charge on any atom is 0.416 e. The van der Waals surface area contributed by atoms with E-state index in [1.807, 2.05) is 19.1 Å². The molecule has 35 heavy (non-hydrogen) atoms. The average molecular weight is 485 g/mol. The Morgan fingerprint density at radius 3 is 2.34 bits per heavy atom. The van der Waals surface area contributed by atoms with Crippen molar-refractivity contribution in [2.45, 2.75) is 45.2 Å². The first-order valence-electron chi connectivity index (χ1n) is 11.3. The Hall–Kier alpha value is -3.68. The van der Waals surface area contributed by atoms with E-state index in [2.05, 4.69) is 10.3 Å². The maximum absolute atomic E-state index is 13.1. The lowest BCUT2D eigenvalue weighted by Gasteiger charge is -2.13. The van der Waals surface area contributed by atoms with Crippen molar-refractivity contribution in [2.24, 2.45) is 0 Å². The van der Waals surface area contributed by atoms with Crippen LogP contribution in [-0.4, -0.2) is 23.7 Å². The number of pyridine rings is 1. The fourth-order valence-corrected chi connectivity index (χ4v) is 3.65. The fraction of sp³-hybridized carbons (Fsp3) is 0.296. The van der Waals surface area contributed by atoms with E-state index >= 15 is 0 Å². The predicted molar refractivity (Wildman–Crippen MR) is 127 cm³/mol. The third-order valence-corrected chi connectivity index (χ3v) is 5.48. The number of nitrogens with one attached hydrogen (secondary N) is 1. The van der Waals surface area contributed by atoms with E-state index in [0.29, 0.717) is 29.9 Å². The number of aromatic nitrogens is 1. The number of halogens is 3. The van der Waals surface area contributed by atoms with Gasteiger partial charge in [-0.2, -0.15) is 13.2 Å². The number of aryl methyl sites for hydroxylation is 2. The molecule has 2 aromatic carbocycles. The van der Waals surface area contributed by atoms with E-state index in [0.717, 1.165) is 29.7 Å². The van der Waals surface area contributed by atoms with Crippen LogP contribution in [0.5, 0.6) is 11.5 Å². The van der Waals surface area contributed by atoms with E-state index in [1.165, 1.54) is 25.4 Å². The smallest absolute Gasteiger partial charge is 0.416 e. The van der Waals surface area contributed by atoms with Crippen LogP contribution in [0.15, 0.2) is 60.8 Å². The standard InChI is InChI=1S/C27H27F3N2O3/c1-3-4-19-8-9-21(27(28,29)30)15-20(19)16-22(33)10-5-18-6-11-23(12-7-18)35-24-13-14-32-25(17-24)26(34)31-2/h6-9,11-15,17H,3-5,10,16H2,1-2H3,(H,31,34). The molecule has 0 fully saturated rings. The molecule has 0 radical (unpaired) electrons. The van der Waals surface area contributed by atoms with Gasteiger partial charge in [0, 0.05) is 32.2 Å². The van der Waals surface area contributed by atoms with Crippen molar-refractivity contribution in [3.05, 3.63) is 88.7 Å². The Morgan fingerprint density at radius 1 is 0.943 bits per heavy atom. The summed E-state index contributed by atoms with van der Waals surface area (Å²) in [5.74, 6) is 0.593. The number of carbonyl (C=O) groups excluding carboxylic acids is 2. The highest BCUT2D eigenvalue weighted by molar-refractivity contribution is 5.92. The topological polar surface area (TPSA) is 68.3 Å². The number of Topliss-reactive ketones (excluding diaryl/α,β-unsaturated/α-hetero) is 1. The number of ketones is 1. The minimum Gasteiger partial charge on any atom is -0.457 e. The number of hydrogen-bond acceptors (Lipinski definition) is 4. The molecule has 0 aliphatic rings. The van der Waals surface area contributed by atoms with Gasteiger partial charge >= 0.3 is 6.18 Å². The summed E-state index contributed by atoms with van der Waals surface area (Å²) >= 11 is 0. The fourth-order valence-electron chi connectivity index (χ4n) is 3.65. The lowest BCUT2D eigenvalue weighted by Crippen LogP contribution is -2.18. The van der Waals surface area contributed by atoms with E-state index in [1.54, 1.807) is 18.2 Å². The van der Waals surface area contributed by atoms with Gasteiger partial charge in [-0.3, -0.25) is 14.6 Å². The van der Waals surface area contributed by atoms with Crippen LogP contribution in [0.25, 0.3) is 0 Å². The first-order chi connectivity index (χ1) is 16.7. The SMILES string of the molecule is CCCc1ccc(C(F)(F)F)cc1CC(=O)CCc1ccc(Oc2ccnc(C(=O)NC)c2)cc1. The Bertz CT molecular complexity index is 1180. The highest BCUT2D eigenvalue weighted by Gasteiger charge is 2.31. The maximum atomic E-state index is 13.1. The molecule has 0 saturated carbocycles. The third-order valence-electron chi connectivity index (χ3n) is 5.48. The average Bonchev–Trinajstić information content (AvgIpc) is 2.84. The van der Waals surface area contributed by atoms with Crippen molar-refractivity contribution in [3.8, 4) is 11.5 Å². The molecule has 5 nitrogen and oxygen atoms in total. The van der Waals surface area contributed by atoms with Gasteiger partial charge in [-0.05, 0) is 59.9 Å². The van der Waals surface area contributed by atoms with E-state index in [4.69, 9.17) is 4.74 Å². The molecule has 8 heteroatoms. The number of benzene rings is 2. The molecule has 0 saturated heterocycles. The van der Waals surface area contributed by atoms with Gasteiger partial charge in [0.25, 0.3) is 5.91 Å². The Labute approximate surface area is 202 Å². The molecule has 3 rings (SSSR count). The molecule has 0 spiro atoms. The second-order valence-electron chi connectivity index (χ2n) is 8.15. The zero-order valence-electron chi connectivity index (χ0n) is 19.6. The van der Waals surface area contributed by atoms with Crippen LogP contribution in [0.1, 0.15) is 52.5 Å². The molecule has 1 aromatic heterocycles. The molecule has 0 aliphatic carbocycles. The van der Waals surface area contributed by atoms with Crippen LogP contribution in [0, 0.1) is 0 Å². The molecule has 0 atom stereocenters. The summed E-state index contributed by atoms with van der Waals surface area (Å²) in [6.45, 7) is 1.95. The summed E-state index contributed by atoms with van der Waals surface area (Å²) in [5.41, 5.74) is 1.65. The number of amides is 1. The first-order valence-corrected chi connectivity index (χ1v) is 11.3. The summed E-state index contributed by atoms with van der Waals surface area (Å²) in [4.78, 5) is 28.3. The molecule has 1 heterocycles. The van der Waals surface area contributed by atoms with E-state index in [-0.39, 0.29) is 30.2 Å². The number of nitrogens with zero attached hydrogens (tertiary/aromatic N) is 1. The Kier molecular flexibility index (Phi) is 8.63. The van der Waals surface area contributed by atoms with Crippen LogP contribution >= 0.6 is 0 Å². The minimum atomic E-state index is -4.44. The molecular formula is C27H27F3N2O3. The largest absolute Gasteiger partial charge is 0.457 e. The van der Waals surface area contributed by atoms with Crippen LogP contribution in [0.4, 0.5) is 13.2 Å². The second-order valence-corrected chi connectivity index (χ2v) is 8.15. The molecule has 0 unspecified atom stereocenters. The van der Waals surface area contributed by atoms with Crippen LogP contribution in [-0.2, 0) is 30.2 Å². The van der Waals surface area contributed by atoms with Gasteiger partial charge in [0.05, 0.1) is 5.56 Å². The van der Waals surface area contributed by atoms with Crippen LogP contribution < -0.4 is 10.1 Å². The summed E-state index contributed by atoms with van der Waals surface area (Å²) in [6.07, 6.45) is -0.865. The second kappa shape index (κ2) is 11.6. The van der Waals surface area contributed by atoms with Crippen molar-refractivity contribution >= 4 is 11.7 Å². The number of hydrogen-bond donors (Lipinski definition) is 1. The van der Waals surface area contributed by atoms with Crippen molar-refractivity contribution in [1.82, 2.24) is 10.3 Å². The quantitative estimate of drug-likeness (QED) is 0.386. The van der Waals surface area contributed by atoms with Crippen LogP contribution in [0.2, 0.25) is 0 Å². The van der Waals surface area contributed by atoms with Gasteiger partial charge in [0.2, 0.25) is 0 Å². The zero-order chi connectivity index (χ0) is 25.4. The van der Waals surface area contributed by atoms with Crippen LogP contribution in [0.3, 0.4) is 0 Å². The summed E-state index contributed by atoms with van der Waals surface area (Å²) < 4.78 is 45.1. The highest BCUT2D eigenvalue weighted by atomic mass is 19.4.